The van der Waals surface area contributed by atoms with Crippen LogP contribution in [0.2, 0.25) is 0 Å². The molecule has 0 aliphatic carbocycles. The number of thiocarbonyl (C=S) groups is 1. The molecule has 0 aromatic heterocycles. The van der Waals surface area contributed by atoms with Crippen molar-refractivity contribution in [2.75, 3.05) is 13.7 Å². The molecule has 0 spiro atoms. The fourth-order valence-electron chi connectivity index (χ4n) is 2.18. The summed E-state index contributed by atoms with van der Waals surface area (Å²) < 4.78 is 11.4. The van der Waals surface area contributed by atoms with Gasteiger partial charge in [-0.25, -0.2) is 0 Å². The van der Waals surface area contributed by atoms with Crippen molar-refractivity contribution in [3.05, 3.63) is 28.7 Å². The van der Waals surface area contributed by atoms with Gasteiger partial charge in [0.1, 0.15) is 4.32 Å². The van der Waals surface area contributed by atoms with Gasteiger partial charge in [-0.1, -0.05) is 30.0 Å². The van der Waals surface area contributed by atoms with Gasteiger partial charge in [0, 0.05) is 6.54 Å². The largest absolute Gasteiger partial charge is 0.493 e. The van der Waals surface area contributed by atoms with E-state index in [2.05, 4.69) is 0 Å². The van der Waals surface area contributed by atoms with Gasteiger partial charge in [0.25, 0.3) is 5.91 Å². The summed E-state index contributed by atoms with van der Waals surface area (Å²) >= 11 is 6.33. The molecule has 25 heavy (non-hydrogen) atoms. The summed E-state index contributed by atoms with van der Waals surface area (Å²) in [6.07, 6.45) is 1.58. The molecule has 1 aliphatic rings. The topological polar surface area (TPSA) is 76.1 Å². The Morgan fingerprint density at radius 1 is 1.40 bits per heavy atom. The lowest BCUT2D eigenvalue weighted by atomic mass is 10.2. The lowest BCUT2D eigenvalue weighted by Crippen LogP contribution is -2.30. The summed E-state index contributed by atoms with van der Waals surface area (Å²) in [5.74, 6) is -0.0475. The number of hydrogen-bond donors (Lipinski definition) is 1. The number of benzene rings is 1. The highest BCUT2D eigenvalue weighted by molar-refractivity contribution is 8.26. The minimum absolute atomic E-state index is 0.0187. The number of methoxy groups -OCH3 is 1. The minimum Gasteiger partial charge on any atom is -0.493 e. The van der Waals surface area contributed by atoms with Crippen molar-refractivity contribution in [3.8, 4) is 11.5 Å². The van der Waals surface area contributed by atoms with Crippen LogP contribution in [-0.4, -0.2) is 46.0 Å². The van der Waals surface area contributed by atoms with E-state index in [4.69, 9.17) is 26.8 Å². The van der Waals surface area contributed by atoms with Crippen molar-refractivity contribution in [1.29, 1.82) is 0 Å². The zero-order chi connectivity index (χ0) is 18.6. The Bertz CT molecular complexity index is 730. The monoisotopic (exact) mass is 381 g/mol. The molecule has 0 atom stereocenters. The highest BCUT2D eigenvalue weighted by atomic mass is 32.2. The molecule has 0 unspecified atom stereocenters. The first-order valence-electron chi connectivity index (χ1n) is 7.63. The van der Waals surface area contributed by atoms with Gasteiger partial charge in [-0.05, 0) is 37.6 Å². The molecule has 0 saturated carbocycles. The quantitative estimate of drug-likeness (QED) is 0.574. The Labute approximate surface area is 155 Å². The molecule has 1 amide bonds. The second kappa shape index (κ2) is 8.35. The van der Waals surface area contributed by atoms with Crippen LogP contribution in [-0.2, 0) is 9.59 Å². The number of nitrogens with zero attached hydrogens (tertiary/aromatic N) is 1. The summed E-state index contributed by atoms with van der Waals surface area (Å²) in [4.78, 5) is 24.9. The first-order chi connectivity index (χ1) is 11.8. The number of aliphatic carboxylic acids is 1. The van der Waals surface area contributed by atoms with Crippen molar-refractivity contribution < 1.29 is 24.2 Å². The van der Waals surface area contributed by atoms with Crippen LogP contribution in [0.25, 0.3) is 6.08 Å². The SMILES string of the molecule is COc1cc(/C=C2\SC(=S)N(CCC(=O)O)C2=O)ccc1OC(C)C. The van der Waals surface area contributed by atoms with Gasteiger partial charge < -0.3 is 14.6 Å². The molecule has 0 bridgehead atoms. The number of rotatable bonds is 7. The molecule has 1 heterocycles. The van der Waals surface area contributed by atoms with Crippen molar-refractivity contribution >= 4 is 46.3 Å². The van der Waals surface area contributed by atoms with E-state index in [1.165, 1.54) is 4.90 Å². The van der Waals surface area contributed by atoms with Gasteiger partial charge in [0.05, 0.1) is 24.5 Å². The molecule has 1 aliphatic heterocycles. The van der Waals surface area contributed by atoms with Gasteiger partial charge in [-0.3, -0.25) is 14.5 Å². The van der Waals surface area contributed by atoms with E-state index in [1.54, 1.807) is 25.3 Å². The van der Waals surface area contributed by atoms with E-state index in [1.807, 2.05) is 19.9 Å². The van der Waals surface area contributed by atoms with E-state index in [0.717, 1.165) is 17.3 Å². The standard InChI is InChI=1S/C17H19NO5S2/c1-10(2)23-12-5-4-11(8-13(12)22-3)9-14-16(21)18(17(24)25-14)7-6-15(19)20/h4-5,8-10H,6-7H2,1-3H3,(H,19,20)/b14-9-. The van der Waals surface area contributed by atoms with Crippen molar-refractivity contribution in [1.82, 2.24) is 4.90 Å². The average molecular weight is 381 g/mol. The minimum atomic E-state index is -0.969. The van der Waals surface area contributed by atoms with E-state index in [0.29, 0.717) is 20.7 Å². The summed E-state index contributed by atoms with van der Waals surface area (Å²) in [5, 5.41) is 8.77. The van der Waals surface area contributed by atoms with Gasteiger partial charge >= 0.3 is 5.97 Å². The number of carbonyl (C=O) groups is 2. The Morgan fingerprint density at radius 2 is 2.12 bits per heavy atom. The normalized spacial score (nSPS) is 16.0. The fourth-order valence-corrected chi connectivity index (χ4v) is 3.49. The summed E-state index contributed by atoms with van der Waals surface area (Å²) in [6.45, 7) is 3.92. The van der Waals surface area contributed by atoms with Crippen LogP contribution in [0.5, 0.6) is 11.5 Å². The molecule has 1 aromatic carbocycles. The molecule has 0 radical (unpaired) electrons. The maximum atomic E-state index is 12.4. The number of thioether (sulfide) groups is 1. The zero-order valence-corrected chi connectivity index (χ0v) is 15.8. The second-order valence-corrected chi connectivity index (χ2v) is 7.23. The lowest BCUT2D eigenvalue weighted by Gasteiger charge is -2.14. The first kappa shape index (κ1) is 19.3. The molecule has 8 heteroatoms. The number of carboxylic acid groups (broad SMARTS) is 1. The summed E-state index contributed by atoms with van der Waals surface area (Å²) in [5.41, 5.74) is 0.770. The van der Waals surface area contributed by atoms with E-state index < -0.39 is 5.97 Å². The maximum Gasteiger partial charge on any atom is 0.305 e. The van der Waals surface area contributed by atoms with Crippen molar-refractivity contribution in [2.24, 2.45) is 0 Å². The molecular formula is C17H19NO5S2. The number of hydrogen-bond acceptors (Lipinski definition) is 6. The van der Waals surface area contributed by atoms with Crippen LogP contribution in [0, 0.1) is 0 Å². The second-order valence-electron chi connectivity index (χ2n) is 5.55. The molecule has 1 aromatic rings. The van der Waals surface area contributed by atoms with E-state index in [-0.39, 0.29) is 25.0 Å². The summed E-state index contributed by atoms with van der Waals surface area (Å²) in [6, 6.07) is 5.39. The van der Waals surface area contributed by atoms with Crippen LogP contribution < -0.4 is 9.47 Å². The third-order valence-electron chi connectivity index (χ3n) is 3.27. The van der Waals surface area contributed by atoms with Gasteiger partial charge in [0.15, 0.2) is 11.5 Å². The van der Waals surface area contributed by atoms with E-state index >= 15 is 0 Å². The van der Waals surface area contributed by atoms with Crippen molar-refractivity contribution in [2.45, 2.75) is 26.4 Å². The Balaban J connectivity index is 2.21. The maximum absolute atomic E-state index is 12.4. The molecular weight excluding hydrogens is 362 g/mol. The van der Waals surface area contributed by atoms with Crippen LogP contribution in [0.3, 0.4) is 0 Å². The molecule has 134 valence electrons. The molecule has 1 saturated heterocycles. The van der Waals surface area contributed by atoms with Crippen LogP contribution in [0.1, 0.15) is 25.8 Å². The van der Waals surface area contributed by atoms with E-state index in [9.17, 15) is 9.59 Å². The van der Waals surface area contributed by atoms with Gasteiger partial charge in [0.2, 0.25) is 0 Å². The third kappa shape index (κ3) is 4.96. The number of carbonyl (C=O) groups excluding carboxylic acids is 1. The molecule has 2 rings (SSSR count). The molecule has 1 N–H and O–H groups in total. The lowest BCUT2D eigenvalue weighted by molar-refractivity contribution is -0.137. The Kier molecular flexibility index (Phi) is 6.44. The molecule has 1 fully saturated rings. The van der Waals surface area contributed by atoms with Gasteiger partial charge in [-0.2, -0.15) is 0 Å². The highest BCUT2D eigenvalue weighted by Crippen LogP contribution is 2.35. The number of carboxylic acids is 1. The predicted octanol–water partition coefficient (Wildman–Crippen LogP) is 3.16. The highest BCUT2D eigenvalue weighted by Gasteiger charge is 2.32. The van der Waals surface area contributed by atoms with Gasteiger partial charge in [-0.15, -0.1) is 0 Å². The number of amides is 1. The Hall–Kier alpha value is -2.06. The third-order valence-corrected chi connectivity index (χ3v) is 4.65. The summed E-state index contributed by atoms with van der Waals surface area (Å²) in [7, 11) is 1.55. The fraction of sp³-hybridized carbons (Fsp3) is 0.353. The zero-order valence-electron chi connectivity index (χ0n) is 14.1. The van der Waals surface area contributed by atoms with Crippen LogP contribution in [0.15, 0.2) is 23.1 Å². The van der Waals surface area contributed by atoms with Crippen molar-refractivity contribution in [3.63, 3.8) is 0 Å². The molecule has 6 nitrogen and oxygen atoms in total. The average Bonchev–Trinajstić information content (AvgIpc) is 2.80. The smallest absolute Gasteiger partial charge is 0.305 e. The van der Waals surface area contributed by atoms with Crippen LogP contribution in [0.4, 0.5) is 0 Å². The number of ether oxygens (including phenoxy) is 2. The first-order valence-corrected chi connectivity index (χ1v) is 8.86. The Morgan fingerprint density at radius 3 is 2.72 bits per heavy atom. The van der Waals surface area contributed by atoms with Crippen LogP contribution >= 0.6 is 24.0 Å². The predicted molar refractivity (Wildman–Crippen MR) is 101 cm³/mol.